The number of fused-ring (bicyclic) bond motifs is 2. The molecule has 19 heavy (non-hydrogen) atoms. The van der Waals surface area contributed by atoms with Crippen molar-refractivity contribution in [2.45, 2.75) is 45.2 Å². The summed E-state index contributed by atoms with van der Waals surface area (Å²) in [5, 5.41) is 22.4. The molecule has 1 aromatic carbocycles. The minimum atomic E-state index is -0.0510. The average Bonchev–Trinajstić information content (AvgIpc) is 3.02. The largest absolute Gasteiger partial charge is 0.504 e. The second kappa shape index (κ2) is 5.04. The Labute approximate surface area is 114 Å². The number of hydrogen-bond donors (Lipinski definition) is 3. The number of phenols is 2. The smallest absolute Gasteiger partial charge is 0.157 e. The molecule has 0 aliphatic heterocycles. The van der Waals surface area contributed by atoms with E-state index in [1.54, 1.807) is 12.1 Å². The van der Waals surface area contributed by atoms with Gasteiger partial charge in [0.15, 0.2) is 11.5 Å². The van der Waals surface area contributed by atoms with E-state index >= 15 is 0 Å². The predicted molar refractivity (Wildman–Crippen MR) is 75.0 cm³/mol. The molecular weight excluding hydrogens is 238 g/mol. The van der Waals surface area contributed by atoms with Crippen molar-refractivity contribution < 1.29 is 10.2 Å². The highest BCUT2D eigenvalue weighted by Crippen LogP contribution is 2.49. The fraction of sp³-hybridized carbons (Fsp3) is 0.625. The molecule has 3 N–H and O–H groups in total. The van der Waals surface area contributed by atoms with Crippen LogP contribution in [0.5, 0.6) is 11.5 Å². The zero-order valence-corrected chi connectivity index (χ0v) is 11.5. The second-order valence-corrected chi connectivity index (χ2v) is 6.33. The molecule has 0 heterocycles. The lowest BCUT2D eigenvalue weighted by atomic mass is 9.84. The van der Waals surface area contributed by atoms with E-state index in [0.29, 0.717) is 6.04 Å². The third kappa shape index (κ3) is 2.57. The molecule has 3 heteroatoms. The highest BCUT2D eigenvalue weighted by atomic mass is 16.3. The topological polar surface area (TPSA) is 52.5 Å². The first-order chi connectivity index (χ1) is 9.13. The van der Waals surface area contributed by atoms with Crippen LogP contribution in [0, 0.1) is 17.8 Å². The van der Waals surface area contributed by atoms with Gasteiger partial charge in [0.2, 0.25) is 0 Å². The maximum absolute atomic E-state index is 9.48. The number of hydrogen-bond acceptors (Lipinski definition) is 3. The normalized spacial score (nSPS) is 30.7. The van der Waals surface area contributed by atoms with Gasteiger partial charge in [0.25, 0.3) is 0 Å². The summed E-state index contributed by atoms with van der Waals surface area (Å²) in [6, 6.07) is 5.58. The summed E-state index contributed by atoms with van der Waals surface area (Å²) in [6.45, 7) is 3.04. The van der Waals surface area contributed by atoms with Gasteiger partial charge in [-0.3, -0.25) is 0 Å². The maximum Gasteiger partial charge on any atom is 0.157 e. The van der Waals surface area contributed by atoms with Gasteiger partial charge in [-0.05, 0) is 61.6 Å². The Balaban J connectivity index is 1.55. The van der Waals surface area contributed by atoms with Gasteiger partial charge in [0.1, 0.15) is 0 Å². The Morgan fingerprint density at radius 3 is 2.68 bits per heavy atom. The number of benzene rings is 1. The SMILES string of the molecule is CC(NCc1ccc(O)c(O)c1)C1CC2CCC1C2. The Morgan fingerprint density at radius 1 is 1.21 bits per heavy atom. The zero-order chi connectivity index (χ0) is 13.4. The minimum absolute atomic E-state index is 0.0353. The van der Waals surface area contributed by atoms with Gasteiger partial charge < -0.3 is 15.5 Å². The highest BCUT2D eigenvalue weighted by molar-refractivity contribution is 5.40. The van der Waals surface area contributed by atoms with Crippen LogP contribution in [0.4, 0.5) is 0 Å². The van der Waals surface area contributed by atoms with Gasteiger partial charge in [-0.2, -0.15) is 0 Å². The molecule has 0 aromatic heterocycles. The fourth-order valence-corrected chi connectivity index (χ4v) is 4.02. The molecule has 4 unspecified atom stereocenters. The van der Waals surface area contributed by atoms with Crippen molar-refractivity contribution in [2.75, 3.05) is 0 Å². The van der Waals surface area contributed by atoms with E-state index in [2.05, 4.69) is 12.2 Å². The molecule has 0 saturated heterocycles. The molecule has 3 nitrogen and oxygen atoms in total. The molecule has 1 aromatic rings. The van der Waals surface area contributed by atoms with Gasteiger partial charge in [-0.1, -0.05) is 12.5 Å². The lowest BCUT2D eigenvalue weighted by molar-refractivity contribution is 0.259. The average molecular weight is 261 g/mol. The van der Waals surface area contributed by atoms with Gasteiger partial charge in [-0.15, -0.1) is 0 Å². The monoisotopic (exact) mass is 261 g/mol. The van der Waals surface area contributed by atoms with Crippen LogP contribution >= 0.6 is 0 Å². The Hall–Kier alpha value is -1.22. The third-order valence-corrected chi connectivity index (χ3v) is 5.10. The van der Waals surface area contributed by atoms with E-state index in [0.717, 1.165) is 29.9 Å². The molecule has 2 bridgehead atoms. The van der Waals surface area contributed by atoms with Crippen molar-refractivity contribution >= 4 is 0 Å². The van der Waals surface area contributed by atoms with Crippen LogP contribution in [0.1, 0.15) is 38.2 Å². The van der Waals surface area contributed by atoms with E-state index in [-0.39, 0.29) is 11.5 Å². The van der Waals surface area contributed by atoms with E-state index < -0.39 is 0 Å². The summed E-state index contributed by atoms with van der Waals surface area (Å²) >= 11 is 0. The van der Waals surface area contributed by atoms with Crippen molar-refractivity contribution in [1.29, 1.82) is 0 Å². The number of rotatable bonds is 4. The summed E-state index contributed by atoms with van der Waals surface area (Å²) < 4.78 is 0. The minimum Gasteiger partial charge on any atom is -0.504 e. The number of aromatic hydroxyl groups is 2. The van der Waals surface area contributed by atoms with E-state index in [9.17, 15) is 10.2 Å². The van der Waals surface area contributed by atoms with E-state index in [1.807, 2.05) is 6.07 Å². The predicted octanol–water partition coefficient (Wildman–Crippen LogP) is 3.01. The molecule has 2 saturated carbocycles. The summed E-state index contributed by atoms with van der Waals surface area (Å²) in [5.41, 5.74) is 1.02. The number of nitrogens with one attached hydrogen (secondary N) is 1. The lowest BCUT2D eigenvalue weighted by Gasteiger charge is -2.28. The van der Waals surface area contributed by atoms with Crippen LogP contribution < -0.4 is 5.32 Å². The standard InChI is InChI=1S/C16H23NO2/c1-10(14-7-11-2-4-13(14)6-11)17-9-12-3-5-15(18)16(19)8-12/h3,5,8,10-11,13-14,17-19H,2,4,6-7,9H2,1H3. The van der Waals surface area contributed by atoms with Gasteiger partial charge >= 0.3 is 0 Å². The first kappa shape index (κ1) is 12.8. The molecule has 0 spiro atoms. The maximum atomic E-state index is 9.48. The first-order valence-electron chi connectivity index (χ1n) is 7.37. The Kier molecular flexibility index (Phi) is 3.40. The summed E-state index contributed by atoms with van der Waals surface area (Å²) in [7, 11) is 0. The molecular formula is C16H23NO2. The molecule has 0 amide bonds. The summed E-state index contributed by atoms with van der Waals surface area (Å²) in [4.78, 5) is 0. The molecule has 2 aliphatic rings. The molecule has 2 aliphatic carbocycles. The molecule has 0 radical (unpaired) electrons. The Bertz CT molecular complexity index is 460. The first-order valence-corrected chi connectivity index (χ1v) is 7.37. The third-order valence-electron chi connectivity index (χ3n) is 5.10. The molecule has 2 fully saturated rings. The van der Waals surface area contributed by atoms with E-state index in [1.165, 1.54) is 25.7 Å². The van der Waals surface area contributed by atoms with Crippen LogP contribution in [-0.2, 0) is 6.54 Å². The van der Waals surface area contributed by atoms with Gasteiger partial charge in [0.05, 0.1) is 0 Å². The quantitative estimate of drug-likeness (QED) is 0.730. The van der Waals surface area contributed by atoms with Crippen molar-refractivity contribution in [3.63, 3.8) is 0 Å². The van der Waals surface area contributed by atoms with Crippen molar-refractivity contribution in [3.05, 3.63) is 23.8 Å². The molecule has 4 atom stereocenters. The van der Waals surface area contributed by atoms with Crippen LogP contribution in [-0.4, -0.2) is 16.3 Å². The van der Waals surface area contributed by atoms with Crippen LogP contribution in [0.2, 0.25) is 0 Å². The second-order valence-electron chi connectivity index (χ2n) is 6.33. The van der Waals surface area contributed by atoms with Gasteiger partial charge in [0, 0.05) is 12.6 Å². The highest BCUT2D eigenvalue weighted by Gasteiger charge is 2.41. The van der Waals surface area contributed by atoms with Crippen LogP contribution in [0.3, 0.4) is 0 Å². The zero-order valence-electron chi connectivity index (χ0n) is 11.5. The Morgan fingerprint density at radius 2 is 2.05 bits per heavy atom. The fourth-order valence-electron chi connectivity index (χ4n) is 4.02. The summed E-state index contributed by atoms with van der Waals surface area (Å²) in [5.74, 6) is 2.65. The lowest BCUT2D eigenvalue weighted by Crippen LogP contribution is -2.35. The summed E-state index contributed by atoms with van der Waals surface area (Å²) in [6.07, 6.45) is 5.69. The van der Waals surface area contributed by atoms with Crippen molar-refractivity contribution in [3.8, 4) is 11.5 Å². The van der Waals surface area contributed by atoms with E-state index in [4.69, 9.17) is 0 Å². The van der Waals surface area contributed by atoms with Crippen LogP contribution in [0.25, 0.3) is 0 Å². The van der Waals surface area contributed by atoms with Gasteiger partial charge in [-0.25, -0.2) is 0 Å². The van der Waals surface area contributed by atoms with Crippen molar-refractivity contribution in [2.24, 2.45) is 17.8 Å². The molecule has 3 rings (SSSR count). The van der Waals surface area contributed by atoms with Crippen LogP contribution in [0.15, 0.2) is 18.2 Å². The molecule has 104 valence electrons. The van der Waals surface area contributed by atoms with Crippen molar-refractivity contribution in [1.82, 2.24) is 5.32 Å². The number of phenolic OH excluding ortho intramolecular Hbond substituents is 2.